The molecular weight excluding hydrogens is 290 g/mol. The monoisotopic (exact) mass is 319 g/mol. The lowest BCUT2D eigenvalue weighted by atomic mass is 9.99. The Morgan fingerprint density at radius 1 is 1.13 bits per heavy atom. The number of hydrogen-bond donors (Lipinski definition) is 1. The molecule has 0 aliphatic carbocycles. The largest absolute Gasteiger partial charge is 0.486 e. The van der Waals surface area contributed by atoms with Gasteiger partial charge in [0.25, 0.3) is 0 Å². The molecule has 4 heteroatoms. The van der Waals surface area contributed by atoms with E-state index in [0.717, 1.165) is 23.5 Å². The minimum absolute atomic E-state index is 0.0738. The molecule has 1 aliphatic heterocycles. The van der Waals surface area contributed by atoms with Gasteiger partial charge in [0.05, 0.1) is 5.92 Å². The Kier molecular flexibility index (Phi) is 6.75. The molecule has 0 bridgehead atoms. The molecule has 1 aromatic rings. The predicted octanol–water partition coefficient (Wildman–Crippen LogP) is 4.04. The van der Waals surface area contributed by atoms with E-state index in [1.54, 1.807) is 0 Å². The van der Waals surface area contributed by atoms with E-state index in [9.17, 15) is 4.79 Å². The highest BCUT2D eigenvalue weighted by Crippen LogP contribution is 2.33. The third kappa shape index (κ3) is 5.15. The van der Waals surface area contributed by atoms with Gasteiger partial charge in [0, 0.05) is 6.04 Å². The Labute approximate surface area is 139 Å². The zero-order chi connectivity index (χ0) is 16.7. The summed E-state index contributed by atoms with van der Waals surface area (Å²) in [4.78, 5) is 12.4. The van der Waals surface area contributed by atoms with Crippen LogP contribution in [0.15, 0.2) is 18.2 Å². The van der Waals surface area contributed by atoms with Crippen LogP contribution in [0.1, 0.15) is 64.4 Å². The summed E-state index contributed by atoms with van der Waals surface area (Å²) in [5.74, 6) is 1.38. The number of carbonyl (C=O) groups excluding carboxylic acids is 1. The number of benzene rings is 1. The zero-order valence-electron chi connectivity index (χ0n) is 14.6. The first-order valence-corrected chi connectivity index (χ1v) is 8.81. The van der Waals surface area contributed by atoms with Gasteiger partial charge >= 0.3 is 0 Å². The zero-order valence-corrected chi connectivity index (χ0v) is 14.6. The number of unbranched alkanes of at least 4 members (excludes halogenated alkanes) is 3. The smallest absolute Gasteiger partial charge is 0.227 e. The summed E-state index contributed by atoms with van der Waals surface area (Å²) in [6.07, 6.45) is 5.97. The third-order valence-electron chi connectivity index (χ3n) is 4.34. The van der Waals surface area contributed by atoms with E-state index in [-0.39, 0.29) is 17.9 Å². The lowest BCUT2D eigenvalue weighted by Gasteiger charge is -2.21. The van der Waals surface area contributed by atoms with Gasteiger partial charge in [-0.3, -0.25) is 4.79 Å². The van der Waals surface area contributed by atoms with Gasteiger partial charge in [0.15, 0.2) is 11.5 Å². The molecule has 0 radical (unpaired) electrons. The minimum atomic E-state index is -0.191. The summed E-state index contributed by atoms with van der Waals surface area (Å²) in [7, 11) is 0. The molecule has 2 rings (SSSR count). The molecule has 23 heavy (non-hydrogen) atoms. The van der Waals surface area contributed by atoms with Crippen molar-refractivity contribution in [2.45, 2.75) is 64.8 Å². The Morgan fingerprint density at radius 2 is 1.87 bits per heavy atom. The molecule has 1 aromatic carbocycles. The topological polar surface area (TPSA) is 47.6 Å². The van der Waals surface area contributed by atoms with Crippen LogP contribution in [0.3, 0.4) is 0 Å². The van der Waals surface area contributed by atoms with Crippen molar-refractivity contribution in [3.05, 3.63) is 23.8 Å². The highest BCUT2D eigenvalue weighted by molar-refractivity contribution is 5.83. The number of ether oxygens (including phenoxy) is 2. The Hall–Kier alpha value is -1.71. The van der Waals surface area contributed by atoms with E-state index >= 15 is 0 Å². The SMILES string of the molecule is CCCCCCC(C)NC(=O)C(C)c1ccc2c(c1)OCCO2. The van der Waals surface area contributed by atoms with Crippen LogP contribution in [0.25, 0.3) is 0 Å². The summed E-state index contributed by atoms with van der Waals surface area (Å²) in [6, 6.07) is 5.98. The molecule has 0 saturated heterocycles. The molecule has 0 saturated carbocycles. The molecule has 1 aliphatic rings. The number of carbonyl (C=O) groups is 1. The van der Waals surface area contributed by atoms with E-state index in [1.807, 2.05) is 25.1 Å². The van der Waals surface area contributed by atoms with Crippen molar-refractivity contribution in [1.82, 2.24) is 5.32 Å². The average Bonchev–Trinajstić information content (AvgIpc) is 2.57. The summed E-state index contributed by atoms with van der Waals surface area (Å²) in [5, 5.41) is 3.12. The summed E-state index contributed by atoms with van der Waals surface area (Å²) < 4.78 is 11.1. The predicted molar refractivity (Wildman–Crippen MR) is 92.2 cm³/mol. The van der Waals surface area contributed by atoms with Crippen LogP contribution in [0.4, 0.5) is 0 Å². The fraction of sp³-hybridized carbons (Fsp3) is 0.632. The first-order chi connectivity index (χ1) is 11.1. The van der Waals surface area contributed by atoms with Crippen LogP contribution in [0, 0.1) is 0 Å². The molecular formula is C19H29NO3. The van der Waals surface area contributed by atoms with Gasteiger partial charge in [-0.2, -0.15) is 0 Å². The lowest BCUT2D eigenvalue weighted by molar-refractivity contribution is -0.122. The summed E-state index contributed by atoms with van der Waals surface area (Å²) in [6.45, 7) is 7.37. The molecule has 1 N–H and O–H groups in total. The van der Waals surface area contributed by atoms with E-state index in [4.69, 9.17) is 9.47 Å². The highest BCUT2D eigenvalue weighted by atomic mass is 16.6. The lowest BCUT2D eigenvalue weighted by Crippen LogP contribution is -2.35. The van der Waals surface area contributed by atoms with Crippen LogP contribution in [0.2, 0.25) is 0 Å². The van der Waals surface area contributed by atoms with Gasteiger partial charge in [0.2, 0.25) is 5.91 Å². The van der Waals surface area contributed by atoms with Crippen molar-refractivity contribution in [1.29, 1.82) is 0 Å². The van der Waals surface area contributed by atoms with Crippen molar-refractivity contribution in [3.63, 3.8) is 0 Å². The van der Waals surface area contributed by atoms with E-state index in [0.29, 0.717) is 13.2 Å². The van der Waals surface area contributed by atoms with Gasteiger partial charge in [-0.25, -0.2) is 0 Å². The second-order valence-corrected chi connectivity index (χ2v) is 6.38. The van der Waals surface area contributed by atoms with Crippen LogP contribution in [-0.4, -0.2) is 25.2 Å². The standard InChI is InChI=1S/C19H29NO3/c1-4-5-6-7-8-14(2)20-19(21)15(3)16-9-10-17-18(13-16)23-12-11-22-17/h9-10,13-15H,4-8,11-12H2,1-3H3,(H,20,21). The van der Waals surface area contributed by atoms with Crippen LogP contribution in [-0.2, 0) is 4.79 Å². The van der Waals surface area contributed by atoms with E-state index in [1.165, 1.54) is 25.7 Å². The third-order valence-corrected chi connectivity index (χ3v) is 4.34. The summed E-state index contributed by atoms with van der Waals surface area (Å²) in [5.41, 5.74) is 0.963. The maximum Gasteiger partial charge on any atom is 0.227 e. The number of hydrogen-bond acceptors (Lipinski definition) is 3. The van der Waals surface area contributed by atoms with Gasteiger partial charge in [-0.1, -0.05) is 38.7 Å². The second-order valence-electron chi connectivity index (χ2n) is 6.38. The van der Waals surface area contributed by atoms with Gasteiger partial charge < -0.3 is 14.8 Å². The molecule has 0 fully saturated rings. The van der Waals surface area contributed by atoms with E-state index in [2.05, 4.69) is 19.2 Å². The number of fused-ring (bicyclic) bond motifs is 1. The fourth-order valence-electron chi connectivity index (χ4n) is 2.80. The van der Waals surface area contributed by atoms with Crippen molar-refractivity contribution in [2.75, 3.05) is 13.2 Å². The first-order valence-electron chi connectivity index (χ1n) is 8.81. The maximum atomic E-state index is 12.4. The molecule has 2 atom stereocenters. The van der Waals surface area contributed by atoms with Crippen molar-refractivity contribution in [3.8, 4) is 11.5 Å². The molecule has 4 nitrogen and oxygen atoms in total. The Morgan fingerprint density at radius 3 is 2.61 bits per heavy atom. The van der Waals surface area contributed by atoms with Crippen molar-refractivity contribution >= 4 is 5.91 Å². The van der Waals surface area contributed by atoms with Gasteiger partial charge in [-0.15, -0.1) is 0 Å². The van der Waals surface area contributed by atoms with E-state index < -0.39 is 0 Å². The van der Waals surface area contributed by atoms with Crippen LogP contribution in [0.5, 0.6) is 11.5 Å². The van der Waals surface area contributed by atoms with Crippen LogP contribution >= 0.6 is 0 Å². The maximum absolute atomic E-state index is 12.4. The van der Waals surface area contributed by atoms with Gasteiger partial charge in [-0.05, 0) is 38.0 Å². The molecule has 0 spiro atoms. The van der Waals surface area contributed by atoms with Crippen molar-refractivity contribution in [2.24, 2.45) is 0 Å². The quantitative estimate of drug-likeness (QED) is 0.736. The average molecular weight is 319 g/mol. The number of nitrogens with one attached hydrogen (secondary N) is 1. The molecule has 128 valence electrons. The van der Waals surface area contributed by atoms with Crippen molar-refractivity contribution < 1.29 is 14.3 Å². The fourth-order valence-corrected chi connectivity index (χ4v) is 2.80. The van der Waals surface area contributed by atoms with Gasteiger partial charge in [0.1, 0.15) is 13.2 Å². The molecule has 1 heterocycles. The normalized spacial score (nSPS) is 15.8. The minimum Gasteiger partial charge on any atom is -0.486 e. The number of amides is 1. The number of rotatable bonds is 8. The Balaban J connectivity index is 1.86. The Bertz CT molecular complexity index is 515. The summed E-state index contributed by atoms with van der Waals surface area (Å²) >= 11 is 0. The second kappa shape index (κ2) is 8.80. The highest BCUT2D eigenvalue weighted by Gasteiger charge is 2.20. The molecule has 2 unspecified atom stereocenters. The molecule has 0 aromatic heterocycles. The van der Waals surface area contributed by atoms with Crippen LogP contribution < -0.4 is 14.8 Å². The molecule has 1 amide bonds. The first kappa shape index (κ1) is 17.6.